The molecule has 2 amide bonds. The molecule has 4 rings (SSSR count). The molecule has 2 heterocycles. The highest BCUT2D eigenvalue weighted by Gasteiger charge is 2.24. The molecule has 1 fully saturated rings. The maximum absolute atomic E-state index is 12.9. The van der Waals surface area contributed by atoms with Crippen molar-refractivity contribution in [1.82, 2.24) is 14.9 Å². The number of nitrogens with one attached hydrogen (secondary N) is 1. The van der Waals surface area contributed by atoms with Crippen molar-refractivity contribution in [3.05, 3.63) is 46.9 Å². The Morgan fingerprint density at radius 1 is 1.07 bits per heavy atom. The monoisotopic (exact) mass is 393 g/mol. The van der Waals surface area contributed by atoms with Crippen LogP contribution < -0.4 is 10.2 Å². The summed E-state index contributed by atoms with van der Waals surface area (Å²) in [5, 5.41) is 3.17. The molecule has 1 saturated heterocycles. The van der Waals surface area contributed by atoms with Gasteiger partial charge in [0.1, 0.15) is 11.6 Å². The molecule has 0 spiro atoms. The summed E-state index contributed by atoms with van der Waals surface area (Å²) in [5.74, 6) is 2.16. The molecule has 0 atom stereocenters. The molecular formula is C23H31N5O. The van der Waals surface area contributed by atoms with Crippen molar-refractivity contribution in [3.8, 4) is 0 Å². The normalized spacial score (nSPS) is 16.7. The first-order chi connectivity index (χ1) is 14.0. The molecule has 154 valence electrons. The summed E-state index contributed by atoms with van der Waals surface area (Å²) in [7, 11) is 0. The molecule has 1 N–H and O–H groups in total. The summed E-state index contributed by atoms with van der Waals surface area (Å²) >= 11 is 0. The molecule has 1 aromatic heterocycles. The number of anilines is 2. The molecule has 1 aromatic carbocycles. The first-order valence-corrected chi connectivity index (χ1v) is 10.8. The Morgan fingerprint density at radius 3 is 2.59 bits per heavy atom. The molecule has 6 heteroatoms. The summed E-state index contributed by atoms with van der Waals surface area (Å²) in [6, 6.07) is 8.33. The van der Waals surface area contributed by atoms with E-state index in [-0.39, 0.29) is 6.03 Å². The Bertz CT molecular complexity index is 887. The summed E-state index contributed by atoms with van der Waals surface area (Å²) in [4.78, 5) is 26.3. The van der Waals surface area contributed by atoms with Gasteiger partial charge >= 0.3 is 6.03 Å². The van der Waals surface area contributed by atoms with Crippen LogP contribution in [0.2, 0.25) is 0 Å². The van der Waals surface area contributed by atoms with Crippen LogP contribution in [0.3, 0.4) is 0 Å². The second-order valence-corrected chi connectivity index (χ2v) is 8.44. The maximum Gasteiger partial charge on any atom is 0.321 e. The van der Waals surface area contributed by atoms with Crippen LogP contribution in [-0.2, 0) is 12.8 Å². The Balaban J connectivity index is 1.39. The molecule has 1 aliphatic carbocycles. The number of benzene rings is 1. The number of hydrogen-bond donors (Lipinski definition) is 1. The van der Waals surface area contributed by atoms with E-state index in [1.54, 1.807) is 0 Å². The zero-order valence-electron chi connectivity index (χ0n) is 17.7. The number of rotatable bonds is 3. The molecule has 6 nitrogen and oxygen atoms in total. The average Bonchev–Trinajstić information content (AvgIpc) is 2.73. The van der Waals surface area contributed by atoms with E-state index in [9.17, 15) is 4.79 Å². The zero-order chi connectivity index (χ0) is 20.4. The third-order valence-corrected chi connectivity index (χ3v) is 5.90. The average molecular weight is 394 g/mol. The van der Waals surface area contributed by atoms with Crippen molar-refractivity contribution in [1.29, 1.82) is 0 Å². The lowest BCUT2D eigenvalue weighted by atomic mass is 9.90. The van der Waals surface area contributed by atoms with Crippen molar-refractivity contribution < 1.29 is 4.79 Å². The van der Waals surface area contributed by atoms with Gasteiger partial charge in [-0.1, -0.05) is 26.0 Å². The van der Waals surface area contributed by atoms with Crippen LogP contribution in [0.1, 0.15) is 55.3 Å². The number of hydrogen-bond acceptors (Lipinski definition) is 4. The van der Waals surface area contributed by atoms with Crippen LogP contribution in [0, 0.1) is 6.92 Å². The first-order valence-electron chi connectivity index (χ1n) is 10.8. The van der Waals surface area contributed by atoms with E-state index in [0.717, 1.165) is 49.0 Å². The molecule has 0 saturated carbocycles. The second-order valence-electron chi connectivity index (χ2n) is 8.44. The van der Waals surface area contributed by atoms with Crippen molar-refractivity contribution in [3.63, 3.8) is 0 Å². The largest absolute Gasteiger partial charge is 0.353 e. The number of carbonyl (C=O) groups is 1. The maximum atomic E-state index is 12.9. The van der Waals surface area contributed by atoms with Gasteiger partial charge in [-0.2, -0.15) is 0 Å². The predicted molar refractivity (Wildman–Crippen MR) is 117 cm³/mol. The molecule has 0 unspecified atom stereocenters. The summed E-state index contributed by atoms with van der Waals surface area (Å²) < 4.78 is 0. The predicted octanol–water partition coefficient (Wildman–Crippen LogP) is 4.14. The van der Waals surface area contributed by atoms with Gasteiger partial charge in [-0.05, 0) is 49.8 Å². The van der Waals surface area contributed by atoms with E-state index in [1.165, 1.54) is 24.0 Å². The second kappa shape index (κ2) is 8.39. The number of aromatic nitrogens is 2. The third kappa shape index (κ3) is 4.36. The number of piperazine rings is 1. The van der Waals surface area contributed by atoms with Crippen LogP contribution in [0.15, 0.2) is 24.3 Å². The Kier molecular flexibility index (Phi) is 5.69. The van der Waals surface area contributed by atoms with Crippen molar-refractivity contribution in [2.45, 2.75) is 52.4 Å². The van der Waals surface area contributed by atoms with Crippen LogP contribution in [0.25, 0.3) is 0 Å². The number of aryl methyl sites for hydroxylation is 2. The van der Waals surface area contributed by atoms with Gasteiger partial charge in [0.15, 0.2) is 0 Å². The Hall–Kier alpha value is -2.63. The van der Waals surface area contributed by atoms with Gasteiger partial charge in [-0.15, -0.1) is 0 Å². The van der Waals surface area contributed by atoms with Gasteiger partial charge in [-0.25, -0.2) is 14.8 Å². The zero-order valence-corrected chi connectivity index (χ0v) is 17.7. The highest BCUT2D eigenvalue weighted by molar-refractivity contribution is 5.90. The number of urea groups is 1. The fourth-order valence-corrected chi connectivity index (χ4v) is 4.23. The molecular weight excluding hydrogens is 362 g/mol. The summed E-state index contributed by atoms with van der Waals surface area (Å²) in [5.41, 5.74) is 4.69. The molecule has 2 aliphatic rings. The topological polar surface area (TPSA) is 61.4 Å². The summed E-state index contributed by atoms with van der Waals surface area (Å²) in [6.45, 7) is 9.21. The molecule has 29 heavy (non-hydrogen) atoms. The van der Waals surface area contributed by atoms with E-state index in [0.29, 0.717) is 19.0 Å². The number of carbonyl (C=O) groups excluding carboxylic acids is 1. The fraction of sp³-hybridized carbons (Fsp3) is 0.522. The molecule has 0 bridgehead atoms. The van der Waals surface area contributed by atoms with Crippen LogP contribution in [-0.4, -0.2) is 47.1 Å². The minimum Gasteiger partial charge on any atom is -0.353 e. The minimum absolute atomic E-state index is 0.00496. The number of amides is 2. The van der Waals surface area contributed by atoms with Crippen LogP contribution in [0.5, 0.6) is 0 Å². The van der Waals surface area contributed by atoms with Gasteiger partial charge in [0, 0.05) is 49.5 Å². The SMILES string of the molecule is Cc1cc(N2CCN(C(=O)Nc3cccc4c3CCCC4)CC2)nc(C(C)C)n1. The van der Waals surface area contributed by atoms with Gasteiger partial charge in [-0.3, -0.25) is 0 Å². The smallest absolute Gasteiger partial charge is 0.321 e. The fourth-order valence-electron chi connectivity index (χ4n) is 4.23. The minimum atomic E-state index is 0.00496. The van der Waals surface area contributed by atoms with E-state index >= 15 is 0 Å². The van der Waals surface area contributed by atoms with Crippen molar-refractivity contribution in [2.24, 2.45) is 0 Å². The van der Waals surface area contributed by atoms with Gasteiger partial charge in [0.25, 0.3) is 0 Å². The van der Waals surface area contributed by atoms with Crippen molar-refractivity contribution >= 4 is 17.5 Å². The number of nitrogens with zero attached hydrogens (tertiary/aromatic N) is 4. The lowest BCUT2D eigenvalue weighted by molar-refractivity contribution is 0.208. The third-order valence-electron chi connectivity index (χ3n) is 5.90. The molecule has 2 aromatic rings. The lowest BCUT2D eigenvalue weighted by Crippen LogP contribution is -2.50. The lowest BCUT2D eigenvalue weighted by Gasteiger charge is -2.35. The van der Waals surface area contributed by atoms with E-state index in [1.807, 2.05) is 24.0 Å². The van der Waals surface area contributed by atoms with Crippen molar-refractivity contribution in [2.75, 3.05) is 36.4 Å². The first kappa shape index (κ1) is 19.7. The summed E-state index contributed by atoms with van der Waals surface area (Å²) in [6.07, 6.45) is 4.63. The van der Waals surface area contributed by atoms with E-state index in [2.05, 4.69) is 41.2 Å². The Morgan fingerprint density at radius 2 is 1.83 bits per heavy atom. The Labute approximate surface area is 173 Å². The van der Waals surface area contributed by atoms with E-state index in [4.69, 9.17) is 4.98 Å². The molecule has 0 radical (unpaired) electrons. The molecule has 1 aliphatic heterocycles. The van der Waals surface area contributed by atoms with Crippen LogP contribution >= 0.6 is 0 Å². The highest BCUT2D eigenvalue weighted by Crippen LogP contribution is 2.28. The van der Waals surface area contributed by atoms with Gasteiger partial charge in [0.2, 0.25) is 0 Å². The van der Waals surface area contributed by atoms with Gasteiger partial charge < -0.3 is 15.1 Å². The highest BCUT2D eigenvalue weighted by atomic mass is 16.2. The van der Waals surface area contributed by atoms with Gasteiger partial charge in [0.05, 0.1) is 0 Å². The van der Waals surface area contributed by atoms with Crippen LogP contribution in [0.4, 0.5) is 16.3 Å². The number of fused-ring (bicyclic) bond motifs is 1. The van der Waals surface area contributed by atoms with E-state index < -0.39 is 0 Å². The quantitative estimate of drug-likeness (QED) is 0.851. The standard InChI is InChI=1S/C23H31N5O/c1-16(2)22-24-17(3)15-21(26-22)27-11-13-28(14-12-27)23(29)25-20-10-6-8-18-7-4-5-9-19(18)20/h6,8,10,15-16H,4-5,7,9,11-14H2,1-3H3,(H,25,29).